The Hall–Kier alpha value is -4.46. The van der Waals surface area contributed by atoms with E-state index >= 15 is 0 Å². The van der Waals surface area contributed by atoms with Crippen LogP contribution in [-0.2, 0) is 0 Å². The number of aromatic amines is 1. The molecule has 0 aliphatic heterocycles. The normalized spacial score (nSPS) is 10.5. The second kappa shape index (κ2) is 7.88. The van der Waals surface area contributed by atoms with E-state index < -0.39 is 22.3 Å². The Morgan fingerprint density at radius 2 is 1.60 bits per heavy atom. The molecule has 0 aliphatic carbocycles. The third kappa shape index (κ3) is 3.61. The lowest BCUT2D eigenvalue weighted by molar-refractivity contribution is -0.385. The van der Waals surface area contributed by atoms with E-state index in [9.17, 15) is 19.7 Å². The van der Waals surface area contributed by atoms with Crippen molar-refractivity contribution in [2.75, 3.05) is 0 Å². The van der Waals surface area contributed by atoms with Crippen molar-refractivity contribution in [1.82, 2.24) is 4.98 Å². The van der Waals surface area contributed by atoms with E-state index in [1.165, 1.54) is 24.4 Å². The highest BCUT2D eigenvalue weighted by molar-refractivity contribution is 6.03. The summed E-state index contributed by atoms with van der Waals surface area (Å²) >= 11 is 0. The molecule has 0 fully saturated rings. The summed E-state index contributed by atoms with van der Waals surface area (Å²) in [6.07, 6.45) is 0.119. The number of benzene rings is 3. The molecule has 8 heteroatoms. The van der Waals surface area contributed by atoms with Gasteiger partial charge in [-0.3, -0.25) is 14.9 Å². The summed E-state index contributed by atoms with van der Waals surface area (Å²) in [6, 6.07) is 20.1. The Balaban J connectivity index is 1.83. The highest BCUT2D eigenvalue weighted by Crippen LogP contribution is 2.41. The van der Waals surface area contributed by atoms with Crippen LogP contribution in [0.1, 0.15) is 0 Å². The highest BCUT2D eigenvalue weighted by atomic mass is 16.7. The van der Waals surface area contributed by atoms with Crippen LogP contribution < -0.4 is 15.0 Å². The summed E-state index contributed by atoms with van der Waals surface area (Å²) in [4.78, 5) is 37.5. The number of carbonyl (C=O) groups is 1. The molecular formula is C22H14N2O6. The van der Waals surface area contributed by atoms with Gasteiger partial charge >= 0.3 is 11.8 Å². The summed E-state index contributed by atoms with van der Waals surface area (Å²) in [5, 5.41) is 12.8. The predicted molar refractivity (Wildman–Crippen MR) is 110 cm³/mol. The second-order valence-corrected chi connectivity index (χ2v) is 6.26. The van der Waals surface area contributed by atoms with Gasteiger partial charge in [0.25, 0.3) is 5.56 Å². The van der Waals surface area contributed by atoms with E-state index in [2.05, 4.69) is 4.98 Å². The molecule has 8 nitrogen and oxygen atoms in total. The van der Waals surface area contributed by atoms with Crippen molar-refractivity contribution in [1.29, 1.82) is 0 Å². The number of ether oxygens (including phenoxy) is 2. The Bertz CT molecular complexity index is 1310. The fraction of sp³-hybridized carbons (Fsp3) is 0. The lowest BCUT2D eigenvalue weighted by Gasteiger charge is -2.12. The average molecular weight is 402 g/mol. The number of carbonyl (C=O) groups excluding carboxylic acids is 1. The number of nitro groups is 1. The van der Waals surface area contributed by atoms with Crippen molar-refractivity contribution >= 4 is 22.6 Å². The maximum absolute atomic E-state index is 12.3. The lowest BCUT2D eigenvalue weighted by atomic mass is 9.96. The molecule has 0 aliphatic rings. The van der Waals surface area contributed by atoms with Crippen LogP contribution in [0.15, 0.2) is 83.8 Å². The van der Waals surface area contributed by atoms with Crippen LogP contribution in [0.5, 0.6) is 11.5 Å². The first-order chi connectivity index (χ1) is 14.5. The molecule has 1 aromatic heterocycles. The Morgan fingerprint density at radius 3 is 2.30 bits per heavy atom. The van der Waals surface area contributed by atoms with Crippen LogP contribution >= 0.6 is 0 Å². The Labute approximate surface area is 169 Å². The Kier molecular flexibility index (Phi) is 4.96. The van der Waals surface area contributed by atoms with Gasteiger partial charge in [-0.25, -0.2) is 4.79 Å². The number of pyridine rings is 1. The summed E-state index contributed by atoms with van der Waals surface area (Å²) in [7, 11) is 0. The fourth-order valence-electron chi connectivity index (χ4n) is 3.11. The van der Waals surface area contributed by atoms with Crippen LogP contribution in [0.4, 0.5) is 10.5 Å². The molecule has 3 aromatic carbocycles. The van der Waals surface area contributed by atoms with Gasteiger partial charge in [0.05, 0.1) is 4.92 Å². The average Bonchev–Trinajstić information content (AvgIpc) is 2.76. The first-order valence-corrected chi connectivity index (χ1v) is 8.87. The summed E-state index contributed by atoms with van der Waals surface area (Å²) in [6.45, 7) is 0. The first kappa shape index (κ1) is 18.9. The topological polar surface area (TPSA) is 112 Å². The van der Waals surface area contributed by atoms with E-state index in [0.29, 0.717) is 16.3 Å². The van der Waals surface area contributed by atoms with Crippen LogP contribution in [0, 0.1) is 10.1 Å². The smallest absolute Gasteiger partial charge is 0.389 e. The van der Waals surface area contributed by atoms with Crippen molar-refractivity contribution in [2.45, 2.75) is 0 Å². The third-order valence-electron chi connectivity index (χ3n) is 4.42. The predicted octanol–water partition coefficient (Wildman–Crippen LogP) is 4.68. The van der Waals surface area contributed by atoms with E-state index in [1.807, 2.05) is 30.3 Å². The summed E-state index contributed by atoms with van der Waals surface area (Å²) in [5.41, 5.74) is 0.375. The molecule has 0 atom stereocenters. The zero-order valence-electron chi connectivity index (χ0n) is 15.4. The molecule has 1 N–H and O–H groups in total. The van der Waals surface area contributed by atoms with Gasteiger partial charge in [-0.15, -0.1) is 0 Å². The molecule has 0 saturated carbocycles. The molecule has 0 bridgehead atoms. The minimum absolute atomic E-state index is 0.257. The van der Waals surface area contributed by atoms with Crippen LogP contribution in [0.3, 0.4) is 0 Å². The number of H-pyrrole nitrogens is 1. The number of hydrogen-bond donors (Lipinski definition) is 1. The molecule has 4 rings (SSSR count). The molecule has 0 spiro atoms. The van der Waals surface area contributed by atoms with Gasteiger partial charge in [0.15, 0.2) is 5.75 Å². The second-order valence-electron chi connectivity index (χ2n) is 6.26. The van der Waals surface area contributed by atoms with E-state index in [0.717, 1.165) is 5.56 Å². The molecule has 148 valence electrons. The number of hydrogen-bond acceptors (Lipinski definition) is 6. The van der Waals surface area contributed by atoms with Gasteiger partial charge in [0.1, 0.15) is 0 Å². The zero-order valence-corrected chi connectivity index (χ0v) is 15.4. The highest BCUT2D eigenvalue weighted by Gasteiger charge is 2.25. The Morgan fingerprint density at radius 1 is 0.900 bits per heavy atom. The lowest BCUT2D eigenvalue weighted by Crippen LogP contribution is -2.19. The number of rotatable bonds is 4. The molecule has 0 radical (unpaired) electrons. The third-order valence-corrected chi connectivity index (χ3v) is 4.42. The molecular weight excluding hydrogens is 388 g/mol. The molecule has 4 aromatic rings. The molecule has 0 amide bonds. The van der Waals surface area contributed by atoms with Crippen molar-refractivity contribution in [3.8, 4) is 22.6 Å². The number of nitro benzene ring substituents is 1. The number of nitrogens with one attached hydrogen (secondary N) is 1. The number of nitrogens with zero attached hydrogens (tertiary/aromatic N) is 1. The van der Waals surface area contributed by atoms with E-state index in [-0.39, 0.29) is 11.5 Å². The monoisotopic (exact) mass is 402 g/mol. The molecule has 1 heterocycles. The minimum atomic E-state index is -1.26. The van der Waals surface area contributed by atoms with Crippen LogP contribution in [0.2, 0.25) is 0 Å². The molecule has 0 saturated heterocycles. The standard InChI is InChI=1S/C22H14N2O6/c25-21-19(11-6-12-23-21)29-22(26)30-20-16-10-5-4-9-15(16)17(13-18(20)24(27)28)14-7-2-1-3-8-14/h1-13H,(H,23,25). The SMILES string of the molecule is O=C(Oc1ccc[nH]c1=O)Oc1c([N+](=O)[O-])cc(-c2ccccc2)c2ccccc12. The van der Waals surface area contributed by atoms with Gasteiger partial charge < -0.3 is 14.5 Å². The number of aromatic nitrogens is 1. The van der Waals surface area contributed by atoms with Crippen molar-refractivity contribution in [3.05, 3.63) is 99.5 Å². The number of fused-ring (bicyclic) bond motifs is 1. The summed E-state index contributed by atoms with van der Waals surface area (Å²) in [5.74, 6) is -0.539. The van der Waals surface area contributed by atoms with Crippen LogP contribution in [0.25, 0.3) is 21.9 Å². The van der Waals surface area contributed by atoms with E-state index in [4.69, 9.17) is 9.47 Å². The van der Waals surface area contributed by atoms with Crippen LogP contribution in [-0.4, -0.2) is 16.1 Å². The van der Waals surface area contributed by atoms with Crippen molar-refractivity contribution < 1.29 is 19.2 Å². The maximum Gasteiger partial charge on any atom is 0.519 e. The van der Waals surface area contributed by atoms with Gasteiger partial charge in [-0.2, -0.15) is 0 Å². The summed E-state index contributed by atoms with van der Waals surface area (Å²) < 4.78 is 10.1. The molecule has 0 unspecified atom stereocenters. The zero-order chi connectivity index (χ0) is 21.1. The van der Waals surface area contributed by atoms with E-state index in [1.54, 1.807) is 24.3 Å². The fourth-order valence-corrected chi connectivity index (χ4v) is 3.11. The van der Waals surface area contributed by atoms with Gasteiger partial charge in [0.2, 0.25) is 5.75 Å². The largest absolute Gasteiger partial charge is 0.519 e. The van der Waals surface area contributed by atoms with Gasteiger partial charge in [-0.1, -0.05) is 54.6 Å². The van der Waals surface area contributed by atoms with Gasteiger partial charge in [0, 0.05) is 17.6 Å². The minimum Gasteiger partial charge on any atom is -0.389 e. The molecule has 30 heavy (non-hydrogen) atoms. The van der Waals surface area contributed by atoms with Gasteiger partial charge in [-0.05, 0) is 28.6 Å². The maximum atomic E-state index is 12.3. The quantitative estimate of drug-likeness (QED) is 0.230. The first-order valence-electron chi connectivity index (χ1n) is 8.87. The van der Waals surface area contributed by atoms with Crippen molar-refractivity contribution in [2.24, 2.45) is 0 Å². The van der Waals surface area contributed by atoms with Crippen molar-refractivity contribution in [3.63, 3.8) is 0 Å².